The second-order valence-electron chi connectivity index (χ2n) is 8.86. The number of halogens is 1. The van der Waals surface area contributed by atoms with Crippen molar-refractivity contribution in [1.29, 1.82) is 0 Å². The topological polar surface area (TPSA) is 98.6 Å². The van der Waals surface area contributed by atoms with Crippen LogP contribution in [0.15, 0.2) is 84.2 Å². The third-order valence-corrected chi connectivity index (χ3v) is 7.26. The summed E-state index contributed by atoms with van der Waals surface area (Å²) < 4.78 is 25.9. The molecule has 5 rings (SSSR count). The van der Waals surface area contributed by atoms with Gasteiger partial charge in [0.05, 0.1) is 25.4 Å². The number of aromatic nitrogens is 3. The zero-order valence-corrected chi connectivity index (χ0v) is 22.6. The first-order valence-corrected chi connectivity index (χ1v) is 13.2. The molecule has 2 heterocycles. The molecule has 0 aliphatic rings. The summed E-state index contributed by atoms with van der Waals surface area (Å²) in [5, 5.41) is 13.1. The summed E-state index contributed by atoms with van der Waals surface area (Å²) in [6.07, 6.45) is 0. The molecule has 0 saturated heterocycles. The lowest BCUT2D eigenvalue weighted by molar-refractivity contribution is -0.140. The van der Waals surface area contributed by atoms with E-state index in [1.807, 2.05) is 35.7 Å². The summed E-state index contributed by atoms with van der Waals surface area (Å²) >= 11 is 1.35. The van der Waals surface area contributed by atoms with Gasteiger partial charge in [0, 0.05) is 17.5 Å². The van der Waals surface area contributed by atoms with Gasteiger partial charge in [-0.3, -0.25) is 9.59 Å². The van der Waals surface area contributed by atoms with Crippen LogP contribution >= 0.6 is 11.3 Å². The third kappa shape index (κ3) is 5.79. The second kappa shape index (κ2) is 12.0. The number of benzene rings is 3. The molecule has 2 amide bonds. The molecular weight excluding hydrogens is 533 g/mol. The van der Waals surface area contributed by atoms with Gasteiger partial charge in [-0.2, -0.15) is 0 Å². The van der Waals surface area contributed by atoms with Gasteiger partial charge < -0.3 is 19.7 Å². The zero-order valence-electron chi connectivity index (χ0n) is 21.8. The maximum Gasteiger partial charge on any atom is 0.252 e. The molecule has 1 unspecified atom stereocenters. The number of carbonyl (C=O) groups is 2. The Morgan fingerprint density at radius 2 is 1.82 bits per heavy atom. The van der Waals surface area contributed by atoms with E-state index >= 15 is 0 Å². The zero-order chi connectivity index (χ0) is 28.1. The van der Waals surface area contributed by atoms with Crippen LogP contribution in [0.4, 0.5) is 10.1 Å². The van der Waals surface area contributed by atoms with Crippen molar-refractivity contribution in [2.45, 2.75) is 19.1 Å². The van der Waals surface area contributed by atoms with Gasteiger partial charge in [-0.05, 0) is 53.4 Å². The highest BCUT2D eigenvalue weighted by Gasteiger charge is 2.33. The monoisotopic (exact) mass is 559 g/mol. The Balaban J connectivity index is 1.52. The highest BCUT2D eigenvalue weighted by molar-refractivity contribution is 7.10. The number of fused-ring (bicyclic) bond motifs is 1. The minimum Gasteiger partial charge on any atom is -0.497 e. The molecule has 11 heteroatoms. The van der Waals surface area contributed by atoms with Crippen LogP contribution < -0.4 is 14.8 Å². The molecule has 0 aliphatic heterocycles. The van der Waals surface area contributed by atoms with Crippen LogP contribution in [0.2, 0.25) is 0 Å². The Labute approximate surface area is 233 Å². The number of rotatable bonds is 10. The van der Waals surface area contributed by atoms with Gasteiger partial charge in [0.1, 0.15) is 35.4 Å². The van der Waals surface area contributed by atoms with Crippen molar-refractivity contribution in [2.75, 3.05) is 19.5 Å². The van der Waals surface area contributed by atoms with Crippen LogP contribution in [0.1, 0.15) is 16.5 Å². The van der Waals surface area contributed by atoms with Crippen LogP contribution in [-0.2, 0) is 22.7 Å². The van der Waals surface area contributed by atoms with E-state index in [-0.39, 0.29) is 19.0 Å². The predicted octanol–water partition coefficient (Wildman–Crippen LogP) is 5.06. The molecule has 0 aliphatic carbocycles. The minimum atomic E-state index is -1.00. The second-order valence-corrected chi connectivity index (χ2v) is 9.84. The molecule has 0 saturated carbocycles. The number of thiophene rings is 1. The van der Waals surface area contributed by atoms with Crippen LogP contribution in [0.25, 0.3) is 11.0 Å². The fourth-order valence-electron chi connectivity index (χ4n) is 4.34. The molecule has 0 bridgehead atoms. The molecule has 204 valence electrons. The minimum absolute atomic E-state index is 0.0570. The van der Waals surface area contributed by atoms with Crippen molar-refractivity contribution in [3.8, 4) is 11.5 Å². The van der Waals surface area contributed by atoms with Crippen molar-refractivity contribution >= 4 is 39.9 Å². The average molecular weight is 560 g/mol. The number of hydrogen-bond donors (Lipinski definition) is 1. The van der Waals surface area contributed by atoms with Crippen molar-refractivity contribution in [1.82, 2.24) is 19.9 Å². The number of amides is 2. The molecule has 9 nitrogen and oxygen atoms in total. The highest BCUT2D eigenvalue weighted by Crippen LogP contribution is 2.33. The molecule has 1 N–H and O–H groups in total. The molecule has 0 radical (unpaired) electrons. The Kier molecular flexibility index (Phi) is 8.02. The van der Waals surface area contributed by atoms with E-state index in [4.69, 9.17) is 9.47 Å². The van der Waals surface area contributed by atoms with Crippen LogP contribution in [0.5, 0.6) is 11.5 Å². The molecule has 1 atom stereocenters. The standard InChI is InChI=1S/C29H26FN5O4S/c1-38-21-13-14-23(25(16-21)39-2)31-29(37)28(26-8-5-15-40-26)34(17-19-9-11-20(30)12-10-19)27(36)18-35-24-7-4-3-6-22(24)32-33-35/h3-16,28H,17-18H2,1-2H3,(H,31,37). The number of carbonyl (C=O) groups excluding carboxylic acids is 2. The number of ether oxygens (including phenoxy) is 2. The molecule has 2 aromatic heterocycles. The molecule has 0 spiro atoms. The van der Waals surface area contributed by atoms with Gasteiger partial charge in [-0.1, -0.05) is 35.5 Å². The van der Waals surface area contributed by atoms with Crippen LogP contribution in [-0.4, -0.2) is 45.9 Å². The quantitative estimate of drug-likeness (QED) is 0.257. The van der Waals surface area contributed by atoms with E-state index in [1.165, 1.54) is 47.3 Å². The van der Waals surface area contributed by atoms with Gasteiger partial charge in [0.25, 0.3) is 5.91 Å². The summed E-state index contributed by atoms with van der Waals surface area (Å²) in [5.74, 6) is -0.226. The van der Waals surface area contributed by atoms with Gasteiger partial charge in [0.2, 0.25) is 5.91 Å². The lowest BCUT2D eigenvalue weighted by Crippen LogP contribution is -2.42. The van der Waals surface area contributed by atoms with Crippen molar-refractivity contribution in [3.63, 3.8) is 0 Å². The summed E-state index contributed by atoms with van der Waals surface area (Å²) in [7, 11) is 3.03. The SMILES string of the molecule is COc1ccc(NC(=O)C(c2cccs2)N(Cc2ccc(F)cc2)C(=O)Cn2nnc3ccccc32)c(OC)c1. The Bertz CT molecular complexity index is 1620. The summed E-state index contributed by atoms with van der Waals surface area (Å²) in [5.41, 5.74) is 2.43. The van der Waals surface area contributed by atoms with E-state index < -0.39 is 17.8 Å². The summed E-state index contributed by atoms with van der Waals surface area (Å²) in [6.45, 7) is -0.0931. The highest BCUT2D eigenvalue weighted by atomic mass is 32.1. The number of nitrogens with zero attached hydrogens (tertiary/aromatic N) is 4. The fourth-order valence-corrected chi connectivity index (χ4v) is 5.17. The van der Waals surface area contributed by atoms with E-state index in [1.54, 1.807) is 36.4 Å². The number of nitrogens with one attached hydrogen (secondary N) is 1. The molecular formula is C29H26FN5O4S. The first-order valence-electron chi connectivity index (χ1n) is 12.3. The van der Waals surface area contributed by atoms with Crippen LogP contribution in [0, 0.1) is 5.82 Å². The van der Waals surface area contributed by atoms with Crippen molar-refractivity contribution in [2.24, 2.45) is 0 Å². The van der Waals surface area contributed by atoms with Gasteiger partial charge in [-0.15, -0.1) is 16.4 Å². The first kappa shape index (κ1) is 26.8. The number of anilines is 1. The number of para-hydroxylation sites is 1. The Morgan fingerprint density at radius 1 is 1.02 bits per heavy atom. The maximum absolute atomic E-state index is 14.0. The Morgan fingerprint density at radius 3 is 2.55 bits per heavy atom. The van der Waals surface area contributed by atoms with E-state index in [0.29, 0.717) is 38.7 Å². The average Bonchev–Trinajstić information content (AvgIpc) is 3.65. The maximum atomic E-state index is 14.0. The van der Waals surface area contributed by atoms with Crippen LogP contribution in [0.3, 0.4) is 0 Å². The first-order chi connectivity index (χ1) is 19.5. The van der Waals surface area contributed by atoms with Gasteiger partial charge in [0.15, 0.2) is 0 Å². The van der Waals surface area contributed by atoms with E-state index in [9.17, 15) is 14.0 Å². The fraction of sp³-hybridized carbons (Fsp3) is 0.172. The van der Waals surface area contributed by atoms with E-state index in [0.717, 1.165) is 0 Å². The van der Waals surface area contributed by atoms with Gasteiger partial charge in [-0.25, -0.2) is 9.07 Å². The Hall–Kier alpha value is -4.77. The molecule has 3 aromatic carbocycles. The molecule has 0 fully saturated rings. The van der Waals surface area contributed by atoms with Crippen molar-refractivity contribution < 1.29 is 23.5 Å². The summed E-state index contributed by atoms with van der Waals surface area (Å²) in [4.78, 5) is 30.1. The largest absolute Gasteiger partial charge is 0.497 e. The number of methoxy groups -OCH3 is 2. The molecule has 40 heavy (non-hydrogen) atoms. The predicted molar refractivity (Wildman–Crippen MR) is 150 cm³/mol. The van der Waals surface area contributed by atoms with E-state index in [2.05, 4.69) is 15.6 Å². The summed E-state index contributed by atoms with van der Waals surface area (Å²) in [6, 6.07) is 20.8. The normalized spacial score (nSPS) is 11.7. The van der Waals surface area contributed by atoms with Crippen molar-refractivity contribution in [3.05, 3.63) is 101 Å². The van der Waals surface area contributed by atoms with Gasteiger partial charge >= 0.3 is 0 Å². The number of hydrogen-bond acceptors (Lipinski definition) is 7. The molecule has 5 aromatic rings. The third-order valence-electron chi connectivity index (χ3n) is 6.33. The smallest absolute Gasteiger partial charge is 0.252 e. The lowest BCUT2D eigenvalue weighted by Gasteiger charge is -2.31. The lowest BCUT2D eigenvalue weighted by atomic mass is 10.1.